The van der Waals surface area contributed by atoms with E-state index in [1.165, 1.54) is 26.8 Å². The fourth-order valence-corrected chi connectivity index (χ4v) is 4.65. The first-order chi connectivity index (χ1) is 12.1. The molecule has 8 heteroatoms. The highest BCUT2D eigenvalue weighted by molar-refractivity contribution is 7.15. The van der Waals surface area contributed by atoms with Crippen LogP contribution < -0.4 is 5.56 Å². The van der Waals surface area contributed by atoms with Crippen LogP contribution in [0.2, 0.25) is 0 Å². The lowest BCUT2D eigenvalue weighted by molar-refractivity contribution is 0.0627. The van der Waals surface area contributed by atoms with Crippen molar-refractivity contribution in [3.8, 4) is 0 Å². The van der Waals surface area contributed by atoms with Crippen LogP contribution in [0.25, 0.3) is 4.96 Å². The molecule has 1 aliphatic heterocycles. The Morgan fingerprint density at radius 1 is 1.24 bits per heavy atom. The second-order valence-electron chi connectivity index (χ2n) is 6.12. The number of thiazole rings is 1. The number of aryl methyl sites for hydroxylation is 1. The highest BCUT2D eigenvalue weighted by Gasteiger charge is 2.25. The normalized spacial score (nSPS) is 15.8. The van der Waals surface area contributed by atoms with Crippen molar-refractivity contribution < 1.29 is 4.79 Å². The molecule has 25 heavy (non-hydrogen) atoms. The van der Waals surface area contributed by atoms with Gasteiger partial charge in [0, 0.05) is 54.9 Å². The average molecular weight is 374 g/mol. The van der Waals surface area contributed by atoms with Crippen LogP contribution in [0, 0.1) is 6.92 Å². The van der Waals surface area contributed by atoms with Gasteiger partial charge in [0.05, 0.1) is 0 Å². The van der Waals surface area contributed by atoms with Gasteiger partial charge in [-0.05, 0) is 18.4 Å². The summed E-state index contributed by atoms with van der Waals surface area (Å²) in [4.78, 5) is 35.8. The van der Waals surface area contributed by atoms with Crippen molar-refractivity contribution in [2.24, 2.45) is 0 Å². The molecule has 1 aliphatic rings. The highest BCUT2D eigenvalue weighted by Crippen LogP contribution is 2.15. The zero-order chi connectivity index (χ0) is 17.4. The van der Waals surface area contributed by atoms with E-state index in [1.54, 1.807) is 16.2 Å². The van der Waals surface area contributed by atoms with E-state index in [9.17, 15) is 9.59 Å². The number of thiophene rings is 1. The minimum Gasteiger partial charge on any atom is -0.336 e. The van der Waals surface area contributed by atoms with Crippen LogP contribution in [-0.4, -0.2) is 51.3 Å². The van der Waals surface area contributed by atoms with Gasteiger partial charge in [-0.1, -0.05) is 6.07 Å². The molecular weight excluding hydrogens is 356 g/mol. The molecule has 0 saturated carbocycles. The quantitative estimate of drug-likeness (QED) is 0.704. The fourth-order valence-electron chi connectivity index (χ4n) is 3.07. The Hall–Kier alpha value is -2.03. The lowest BCUT2D eigenvalue weighted by Crippen LogP contribution is -2.49. The Morgan fingerprint density at radius 2 is 2.04 bits per heavy atom. The average Bonchev–Trinajstić information content (AvgIpc) is 3.26. The van der Waals surface area contributed by atoms with E-state index in [0.29, 0.717) is 18.1 Å². The van der Waals surface area contributed by atoms with E-state index in [-0.39, 0.29) is 17.0 Å². The molecule has 0 radical (unpaired) electrons. The first-order valence-electron chi connectivity index (χ1n) is 8.13. The molecule has 0 aromatic carbocycles. The Bertz CT molecular complexity index is 953. The molecule has 0 N–H and O–H groups in total. The van der Waals surface area contributed by atoms with Gasteiger partial charge in [0.2, 0.25) is 0 Å². The number of aromatic nitrogens is 2. The zero-order valence-electron chi connectivity index (χ0n) is 13.8. The molecule has 0 unspecified atom stereocenters. The largest absolute Gasteiger partial charge is 0.336 e. The third-order valence-electron chi connectivity index (χ3n) is 4.47. The summed E-state index contributed by atoms with van der Waals surface area (Å²) < 4.78 is 1.52. The summed E-state index contributed by atoms with van der Waals surface area (Å²) in [6.07, 6.45) is 1.42. The summed E-state index contributed by atoms with van der Waals surface area (Å²) in [5.74, 6) is -0.215. The third-order valence-corrected chi connectivity index (χ3v) is 6.28. The maximum atomic E-state index is 12.8. The number of nitrogens with zero attached hydrogens (tertiary/aromatic N) is 4. The van der Waals surface area contributed by atoms with Crippen LogP contribution in [0.4, 0.5) is 0 Å². The van der Waals surface area contributed by atoms with Gasteiger partial charge in [0.1, 0.15) is 5.56 Å². The standard InChI is InChI=1S/C17H18N4O2S2/c1-12-11-25-17-18-9-14(16(23)21(12)17)15(22)20-6-4-19(5-7-20)10-13-3-2-8-24-13/h2-3,8-9,11H,4-7,10H2,1H3. The van der Waals surface area contributed by atoms with Crippen LogP contribution in [-0.2, 0) is 6.54 Å². The van der Waals surface area contributed by atoms with Crippen molar-refractivity contribution in [1.29, 1.82) is 0 Å². The van der Waals surface area contributed by atoms with Crippen molar-refractivity contribution in [1.82, 2.24) is 19.2 Å². The van der Waals surface area contributed by atoms with Crippen molar-refractivity contribution in [2.45, 2.75) is 13.5 Å². The van der Waals surface area contributed by atoms with E-state index in [0.717, 1.165) is 25.3 Å². The molecule has 4 heterocycles. The van der Waals surface area contributed by atoms with Gasteiger partial charge in [-0.2, -0.15) is 0 Å². The number of hydrogen-bond donors (Lipinski definition) is 0. The Morgan fingerprint density at radius 3 is 2.76 bits per heavy atom. The minimum absolute atomic E-state index is 0.158. The van der Waals surface area contributed by atoms with E-state index >= 15 is 0 Å². The van der Waals surface area contributed by atoms with Crippen LogP contribution in [0.1, 0.15) is 20.9 Å². The number of fused-ring (bicyclic) bond motifs is 1. The van der Waals surface area contributed by atoms with Gasteiger partial charge in [-0.15, -0.1) is 22.7 Å². The number of carbonyl (C=O) groups is 1. The highest BCUT2D eigenvalue weighted by atomic mass is 32.1. The summed E-state index contributed by atoms with van der Waals surface area (Å²) in [7, 11) is 0. The van der Waals surface area contributed by atoms with E-state index in [4.69, 9.17) is 0 Å². The fraction of sp³-hybridized carbons (Fsp3) is 0.353. The molecule has 0 bridgehead atoms. The number of amides is 1. The summed E-state index contributed by atoms with van der Waals surface area (Å²) in [5, 5.41) is 3.96. The molecule has 1 saturated heterocycles. The molecule has 1 amide bonds. The smallest absolute Gasteiger partial charge is 0.271 e. The molecule has 6 nitrogen and oxygen atoms in total. The molecule has 0 atom stereocenters. The van der Waals surface area contributed by atoms with Crippen molar-refractivity contribution >= 4 is 33.5 Å². The molecule has 3 aromatic rings. The number of hydrogen-bond acceptors (Lipinski definition) is 6. The zero-order valence-corrected chi connectivity index (χ0v) is 15.5. The Labute approximate surface area is 153 Å². The maximum absolute atomic E-state index is 12.8. The monoisotopic (exact) mass is 374 g/mol. The molecular formula is C17H18N4O2S2. The SMILES string of the molecule is Cc1csc2ncc(C(=O)N3CCN(Cc4cccs4)CC3)c(=O)n12. The van der Waals surface area contributed by atoms with Crippen LogP contribution in [0.5, 0.6) is 0 Å². The second-order valence-corrected chi connectivity index (χ2v) is 7.99. The van der Waals surface area contributed by atoms with Gasteiger partial charge in [0.15, 0.2) is 4.96 Å². The van der Waals surface area contributed by atoms with Crippen molar-refractivity contribution in [3.63, 3.8) is 0 Å². The number of carbonyl (C=O) groups excluding carboxylic acids is 1. The summed E-state index contributed by atoms with van der Waals surface area (Å²) in [5.41, 5.74) is 0.702. The third kappa shape index (κ3) is 3.12. The Balaban J connectivity index is 1.48. The van der Waals surface area contributed by atoms with Gasteiger partial charge in [-0.25, -0.2) is 4.98 Å². The van der Waals surface area contributed by atoms with Crippen molar-refractivity contribution in [3.05, 3.63) is 55.6 Å². The van der Waals surface area contributed by atoms with E-state index < -0.39 is 0 Å². The van der Waals surface area contributed by atoms with Gasteiger partial charge in [-0.3, -0.25) is 18.9 Å². The number of piperazine rings is 1. The summed E-state index contributed by atoms with van der Waals surface area (Å²) >= 11 is 3.16. The molecule has 1 fully saturated rings. The molecule has 130 valence electrons. The van der Waals surface area contributed by atoms with Crippen LogP contribution in [0.3, 0.4) is 0 Å². The lowest BCUT2D eigenvalue weighted by Gasteiger charge is -2.34. The number of rotatable bonds is 3. The molecule has 4 rings (SSSR count). The van der Waals surface area contributed by atoms with Gasteiger partial charge >= 0.3 is 0 Å². The second kappa shape index (κ2) is 6.70. The first-order valence-corrected chi connectivity index (χ1v) is 9.89. The minimum atomic E-state index is -0.269. The van der Waals surface area contributed by atoms with Crippen molar-refractivity contribution in [2.75, 3.05) is 26.2 Å². The maximum Gasteiger partial charge on any atom is 0.271 e. The topological polar surface area (TPSA) is 57.9 Å². The van der Waals surface area contributed by atoms with Crippen LogP contribution >= 0.6 is 22.7 Å². The van der Waals surface area contributed by atoms with Gasteiger partial charge in [0.25, 0.3) is 11.5 Å². The molecule has 3 aromatic heterocycles. The lowest BCUT2D eigenvalue weighted by atomic mass is 10.2. The van der Waals surface area contributed by atoms with Gasteiger partial charge < -0.3 is 4.90 Å². The van der Waals surface area contributed by atoms with Crippen LogP contribution in [0.15, 0.2) is 33.9 Å². The Kier molecular flexibility index (Phi) is 4.41. The van der Waals surface area contributed by atoms with E-state index in [1.807, 2.05) is 12.3 Å². The summed E-state index contributed by atoms with van der Waals surface area (Å²) in [6.45, 7) is 5.67. The van der Waals surface area contributed by atoms with E-state index in [2.05, 4.69) is 27.4 Å². The summed E-state index contributed by atoms with van der Waals surface area (Å²) in [6, 6.07) is 4.19. The predicted octanol–water partition coefficient (Wildman–Crippen LogP) is 2.08. The predicted molar refractivity (Wildman–Crippen MR) is 99.6 cm³/mol. The molecule has 0 spiro atoms. The molecule has 0 aliphatic carbocycles. The first kappa shape index (κ1) is 16.4.